The second kappa shape index (κ2) is 6.47. The van der Waals surface area contributed by atoms with Gasteiger partial charge in [-0.3, -0.25) is 4.98 Å². The zero-order chi connectivity index (χ0) is 13.8. The van der Waals surface area contributed by atoms with Gasteiger partial charge in [-0.25, -0.2) is 4.39 Å². The first-order valence-corrected chi connectivity index (χ1v) is 7.44. The van der Waals surface area contributed by atoms with Crippen molar-refractivity contribution in [2.75, 3.05) is 6.54 Å². The smallest absolute Gasteiger partial charge is 0.146 e. The van der Waals surface area contributed by atoms with E-state index in [9.17, 15) is 4.39 Å². The molecule has 1 aromatic rings. The van der Waals surface area contributed by atoms with E-state index in [1.807, 2.05) is 6.07 Å². The predicted molar refractivity (Wildman–Crippen MR) is 76.3 cm³/mol. The van der Waals surface area contributed by atoms with Crippen LogP contribution in [-0.4, -0.2) is 11.5 Å². The van der Waals surface area contributed by atoms with Gasteiger partial charge in [-0.1, -0.05) is 20.8 Å². The molecular formula is C16H25FN2. The molecule has 3 atom stereocenters. The lowest BCUT2D eigenvalue weighted by molar-refractivity contribution is 0.175. The minimum absolute atomic E-state index is 0.123. The number of halogens is 1. The Morgan fingerprint density at radius 1 is 1.32 bits per heavy atom. The highest BCUT2D eigenvalue weighted by molar-refractivity contribution is 5.18. The molecule has 0 aliphatic heterocycles. The Bertz CT molecular complexity index is 397. The van der Waals surface area contributed by atoms with Crippen molar-refractivity contribution in [2.45, 2.75) is 46.1 Å². The molecule has 1 aromatic heterocycles. The summed E-state index contributed by atoms with van der Waals surface area (Å²) in [5.41, 5.74) is 0.781. The average molecular weight is 264 g/mol. The molecule has 106 valence electrons. The Morgan fingerprint density at radius 3 is 2.58 bits per heavy atom. The van der Waals surface area contributed by atoms with E-state index in [0.29, 0.717) is 5.92 Å². The Hall–Kier alpha value is -0.960. The summed E-state index contributed by atoms with van der Waals surface area (Å²) in [6.45, 7) is 7.58. The molecule has 0 spiro atoms. The van der Waals surface area contributed by atoms with Crippen LogP contribution < -0.4 is 5.32 Å². The zero-order valence-corrected chi connectivity index (χ0v) is 12.2. The number of pyridine rings is 1. The van der Waals surface area contributed by atoms with Crippen molar-refractivity contribution in [1.82, 2.24) is 10.3 Å². The van der Waals surface area contributed by atoms with Gasteiger partial charge < -0.3 is 5.32 Å². The normalized spacial score (nSPS) is 29.2. The van der Waals surface area contributed by atoms with Gasteiger partial charge in [-0.05, 0) is 49.6 Å². The topological polar surface area (TPSA) is 24.9 Å². The fourth-order valence-electron chi connectivity index (χ4n) is 3.67. The SMILES string of the molecule is CCNC(c1ccncc1F)C1CC(C)CC(C)C1. The van der Waals surface area contributed by atoms with Gasteiger partial charge in [0.2, 0.25) is 0 Å². The Labute approximate surface area is 115 Å². The minimum atomic E-state index is -0.181. The summed E-state index contributed by atoms with van der Waals surface area (Å²) in [6, 6.07) is 1.95. The Balaban J connectivity index is 2.22. The maximum absolute atomic E-state index is 14.0. The first-order valence-electron chi connectivity index (χ1n) is 7.44. The largest absolute Gasteiger partial charge is 0.310 e. The summed E-state index contributed by atoms with van der Waals surface area (Å²) in [7, 11) is 0. The molecule has 0 aromatic carbocycles. The summed E-state index contributed by atoms with van der Waals surface area (Å²) < 4.78 is 14.0. The van der Waals surface area contributed by atoms with Crippen LogP contribution >= 0.6 is 0 Å². The molecule has 3 heteroatoms. The molecule has 2 rings (SSSR count). The quantitative estimate of drug-likeness (QED) is 0.891. The first kappa shape index (κ1) is 14.4. The van der Waals surface area contributed by atoms with Crippen molar-refractivity contribution in [1.29, 1.82) is 0 Å². The molecule has 0 bridgehead atoms. The summed E-state index contributed by atoms with van der Waals surface area (Å²) in [6.07, 6.45) is 6.69. The molecule has 1 fully saturated rings. The van der Waals surface area contributed by atoms with Crippen molar-refractivity contribution in [2.24, 2.45) is 17.8 Å². The molecule has 0 amide bonds. The van der Waals surface area contributed by atoms with Gasteiger partial charge in [0.05, 0.1) is 6.20 Å². The van der Waals surface area contributed by atoms with Gasteiger partial charge in [0.25, 0.3) is 0 Å². The number of aromatic nitrogens is 1. The first-order chi connectivity index (χ1) is 9.11. The lowest BCUT2D eigenvalue weighted by Crippen LogP contribution is -2.33. The fraction of sp³-hybridized carbons (Fsp3) is 0.688. The molecule has 1 saturated carbocycles. The van der Waals surface area contributed by atoms with Crippen LogP contribution in [0.15, 0.2) is 18.5 Å². The molecule has 0 saturated heterocycles. The minimum Gasteiger partial charge on any atom is -0.310 e. The molecular weight excluding hydrogens is 239 g/mol. The van der Waals surface area contributed by atoms with Gasteiger partial charge in [-0.15, -0.1) is 0 Å². The van der Waals surface area contributed by atoms with Crippen molar-refractivity contribution in [3.63, 3.8) is 0 Å². The Morgan fingerprint density at radius 2 is 2.00 bits per heavy atom. The lowest BCUT2D eigenvalue weighted by Gasteiger charge is -2.37. The molecule has 19 heavy (non-hydrogen) atoms. The monoisotopic (exact) mass is 264 g/mol. The van der Waals surface area contributed by atoms with E-state index in [2.05, 4.69) is 31.1 Å². The maximum Gasteiger partial charge on any atom is 0.146 e. The number of hydrogen-bond donors (Lipinski definition) is 1. The van der Waals surface area contributed by atoms with Crippen molar-refractivity contribution in [3.05, 3.63) is 29.8 Å². The van der Waals surface area contributed by atoms with Crippen LogP contribution in [-0.2, 0) is 0 Å². The zero-order valence-electron chi connectivity index (χ0n) is 12.2. The van der Waals surface area contributed by atoms with Gasteiger partial charge in [0.1, 0.15) is 5.82 Å². The van der Waals surface area contributed by atoms with Crippen LogP contribution in [0.5, 0.6) is 0 Å². The molecule has 0 radical (unpaired) electrons. The molecule has 2 nitrogen and oxygen atoms in total. The third kappa shape index (κ3) is 3.53. The van der Waals surface area contributed by atoms with E-state index in [0.717, 1.165) is 23.9 Å². The van der Waals surface area contributed by atoms with E-state index in [1.165, 1.54) is 25.5 Å². The van der Waals surface area contributed by atoms with E-state index in [4.69, 9.17) is 0 Å². The number of nitrogens with one attached hydrogen (secondary N) is 1. The van der Waals surface area contributed by atoms with Gasteiger partial charge in [0.15, 0.2) is 0 Å². The molecule has 1 aliphatic rings. The second-order valence-corrected chi connectivity index (χ2v) is 6.11. The summed E-state index contributed by atoms with van der Waals surface area (Å²) in [5.74, 6) is 1.81. The van der Waals surface area contributed by atoms with Gasteiger partial charge >= 0.3 is 0 Å². The van der Waals surface area contributed by atoms with Crippen molar-refractivity contribution >= 4 is 0 Å². The molecule has 1 aliphatic carbocycles. The molecule has 1 heterocycles. The summed E-state index contributed by atoms with van der Waals surface area (Å²) in [4.78, 5) is 3.86. The van der Waals surface area contributed by atoms with Crippen LogP contribution in [0.1, 0.15) is 51.6 Å². The highest BCUT2D eigenvalue weighted by atomic mass is 19.1. The van der Waals surface area contributed by atoms with E-state index < -0.39 is 0 Å². The standard InChI is InChI=1S/C16H25FN2/c1-4-19-16(14-5-6-18-10-15(14)17)13-8-11(2)7-12(3)9-13/h5-6,10-13,16,19H,4,7-9H2,1-3H3. The second-order valence-electron chi connectivity index (χ2n) is 6.11. The third-order valence-electron chi connectivity index (χ3n) is 4.25. The Kier molecular flexibility index (Phi) is 4.92. The van der Waals surface area contributed by atoms with Crippen molar-refractivity contribution in [3.8, 4) is 0 Å². The van der Waals surface area contributed by atoms with Crippen LogP contribution in [0.4, 0.5) is 4.39 Å². The van der Waals surface area contributed by atoms with E-state index >= 15 is 0 Å². The van der Waals surface area contributed by atoms with Crippen LogP contribution in [0.2, 0.25) is 0 Å². The molecule has 1 N–H and O–H groups in total. The van der Waals surface area contributed by atoms with Crippen LogP contribution in [0, 0.1) is 23.6 Å². The molecule has 3 unspecified atom stereocenters. The predicted octanol–water partition coefficient (Wildman–Crippen LogP) is 3.94. The summed E-state index contributed by atoms with van der Waals surface area (Å²) in [5, 5.41) is 3.48. The number of rotatable bonds is 4. The lowest BCUT2D eigenvalue weighted by atomic mass is 9.72. The number of nitrogens with zero attached hydrogens (tertiary/aromatic N) is 1. The maximum atomic E-state index is 14.0. The van der Waals surface area contributed by atoms with E-state index in [-0.39, 0.29) is 11.9 Å². The van der Waals surface area contributed by atoms with Crippen LogP contribution in [0.3, 0.4) is 0 Å². The average Bonchev–Trinajstić information content (AvgIpc) is 2.36. The van der Waals surface area contributed by atoms with Crippen molar-refractivity contribution < 1.29 is 4.39 Å². The number of hydrogen-bond acceptors (Lipinski definition) is 2. The highest BCUT2D eigenvalue weighted by Crippen LogP contribution is 2.40. The fourth-order valence-corrected chi connectivity index (χ4v) is 3.67. The summed E-state index contributed by atoms with van der Waals surface area (Å²) >= 11 is 0. The third-order valence-corrected chi connectivity index (χ3v) is 4.25. The van der Waals surface area contributed by atoms with Gasteiger partial charge in [0, 0.05) is 17.8 Å². The van der Waals surface area contributed by atoms with Gasteiger partial charge in [-0.2, -0.15) is 0 Å². The van der Waals surface area contributed by atoms with E-state index in [1.54, 1.807) is 6.20 Å². The highest BCUT2D eigenvalue weighted by Gasteiger charge is 2.31. The van der Waals surface area contributed by atoms with Crippen LogP contribution in [0.25, 0.3) is 0 Å².